The van der Waals surface area contributed by atoms with Crippen molar-refractivity contribution in [2.75, 3.05) is 13.1 Å². The molecular weight excluding hydrogens is 314 g/mol. The number of piperidine rings is 1. The van der Waals surface area contributed by atoms with Crippen molar-refractivity contribution in [3.63, 3.8) is 0 Å². The molecule has 1 aromatic carbocycles. The number of nitrogens with zero attached hydrogens (tertiary/aromatic N) is 4. The van der Waals surface area contributed by atoms with Gasteiger partial charge in [0.15, 0.2) is 0 Å². The van der Waals surface area contributed by atoms with Crippen LogP contribution in [0.15, 0.2) is 30.5 Å². The number of amides is 1. The lowest BCUT2D eigenvalue weighted by Gasteiger charge is -2.34. The standard InChI is InChI=1S/C19H27N5O/c1-14(2)23-10-8-17(9-11-23)20-19(25)13-24-12-18(21-22-24)16-6-4-15(3)5-7-16/h4-7,12,14,17H,8-11,13H2,1-3H3,(H,20,25). The van der Waals surface area contributed by atoms with Gasteiger partial charge in [0.05, 0.1) is 6.20 Å². The van der Waals surface area contributed by atoms with E-state index < -0.39 is 0 Å². The van der Waals surface area contributed by atoms with Gasteiger partial charge in [0.25, 0.3) is 0 Å². The number of benzene rings is 1. The van der Waals surface area contributed by atoms with E-state index in [-0.39, 0.29) is 18.5 Å². The zero-order valence-corrected chi connectivity index (χ0v) is 15.3. The Labute approximate surface area is 149 Å². The summed E-state index contributed by atoms with van der Waals surface area (Å²) in [6.45, 7) is 8.79. The molecule has 0 unspecified atom stereocenters. The van der Waals surface area contributed by atoms with Crippen LogP contribution in [0.4, 0.5) is 0 Å². The van der Waals surface area contributed by atoms with E-state index in [0.717, 1.165) is 37.2 Å². The van der Waals surface area contributed by atoms with Crippen molar-refractivity contribution in [3.05, 3.63) is 36.0 Å². The van der Waals surface area contributed by atoms with Crippen LogP contribution in [0.1, 0.15) is 32.3 Å². The Balaban J connectivity index is 1.51. The molecule has 1 saturated heterocycles. The number of carbonyl (C=O) groups is 1. The second-order valence-corrected chi connectivity index (χ2v) is 7.14. The molecule has 0 saturated carbocycles. The number of nitrogens with one attached hydrogen (secondary N) is 1. The van der Waals surface area contributed by atoms with Crippen LogP contribution >= 0.6 is 0 Å². The van der Waals surface area contributed by atoms with Gasteiger partial charge in [0, 0.05) is 30.7 Å². The highest BCUT2D eigenvalue weighted by Crippen LogP contribution is 2.16. The molecule has 0 atom stereocenters. The maximum absolute atomic E-state index is 12.3. The summed E-state index contributed by atoms with van der Waals surface area (Å²) in [6.07, 6.45) is 3.84. The fourth-order valence-electron chi connectivity index (χ4n) is 3.21. The molecule has 1 N–H and O–H groups in total. The van der Waals surface area contributed by atoms with E-state index in [2.05, 4.69) is 41.3 Å². The summed E-state index contributed by atoms with van der Waals surface area (Å²) >= 11 is 0. The number of rotatable bonds is 5. The van der Waals surface area contributed by atoms with Crippen molar-refractivity contribution in [1.29, 1.82) is 0 Å². The van der Waals surface area contributed by atoms with Crippen molar-refractivity contribution in [3.8, 4) is 11.3 Å². The van der Waals surface area contributed by atoms with Gasteiger partial charge in [-0.05, 0) is 33.6 Å². The first-order valence-electron chi connectivity index (χ1n) is 9.02. The predicted molar refractivity (Wildman–Crippen MR) is 98.1 cm³/mol. The van der Waals surface area contributed by atoms with Crippen LogP contribution in [0.25, 0.3) is 11.3 Å². The lowest BCUT2D eigenvalue weighted by Crippen LogP contribution is -2.47. The fourth-order valence-corrected chi connectivity index (χ4v) is 3.21. The number of hydrogen-bond acceptors (Lipinski definition) is 4. The van der Waals surface area contributed by atoms with E-state index in [9.17, 15) is 4.79 Å². The van der Waals surface area contributed by atoms with Crippen LogP contribution in [0.2, 0.25) is 0 Å². The maximum Gasteiger partial charge on any atom is 0.242 e. The minimum Gasteiger partial charge on any atom is -0.352 e. The predicted octanol–water partition coefficient (Wildman–Crippen LogP) is 2.24. The molecule has 2 heterocycles. The maximum atomic E-state index is 12.3. The molecule has 6 heteroatoms. The molecule has 1 amide bonds. The highest BCUT2D eigenvalue weighted by molar-refractivity contribution is 5.76. The summed E-state index contributed by atoms with van der Waals surface area (Å²) in [6, 6.07) is 8.97. The Morgan fingerprint density at radius 3 is 2.56 bits per heavy atom. The van der Waals surface area contributed by atoms with E-state index in [1.165, 1.54) is 5.56 Å². The largest absolute Gasteiger partial charge is 0.352 e. The Morgan fingerprint density at radius 2 is 1.92 bits per heavy atom. The van der Waals surface area contributed by atoms with Gasteiger partial charge in [0.2, 0.25) is 5.91 Å². The van der Waals surface area contributed by atoms with E-state index in [1.54, 1.807) is 4.68 Å². The molecule has 1 fully saturated rings. The van der Waals surface area contributed by atoms with Gasteiger partial charge in [-0.15, -0.1) is 5.10 Å². The third kappa shape index (κ3) is 4.66. The molecule has 2 aromatic rings. The highest BCUT2D eigenvalue weighted by atomic mass is 16.2. The zero-order chi connectivity index (χ0) is 17.8. The Morgan fingerprint density at radius 1 is 1.24 bits per heavy atom. The number of likely N-dealkylation sites (tertiary alicyclic amines) is 1. The van der Waals surface area contributed by atoms with Crippen LogP contribution in [-0.2, 0) is 11.3 Å². The van der Waals surface area contributed by atoms with Gasteiger partial charge < -0.3 is 10.2 Å². The smallest absolute Gasteiger partial charge is 0.242 e. The molecule has 0 aliphatic carbocycles. The molecule has 134 valence electrons. The SMILES string of the molecule is Cc1ccc(-c2cn(CC(=O)NC3CCN(C(C)C)CC3)nn2)cc1. The normalized spacial score (nSPS) is 16.3. The van der Waals surface area contributed by atoms with Crippen LogP contribution in [0, 0.1) is 6.92 Å². The van der Waals surface area contributed by atoms with E-state index in [0.29, 0.717) is 6.04 Å². The Hall–Kier alpha value is -2.21. The van der Waals surface area contributed by atoms with Crippen LogP contribution < -0.4 is 5.32 Å². The molecule has 0 radical (unpaired) electrons. The van der Waals surface area contributed by atoms with E-state index in [4.69, 9.17) is 0 Å². The number of hydrogen-bond donors (Lipinski definition) is 1. The molecule has 3 rings (SSSR count). The van der Waals surface area contributed by atoms with E-state index in [1.807, 2.05) is 30.5 Å². The summed E-state index contributed by atoms with van der Waals surface area (Å²) in [5.74, 6) is 0.00310. The minimum atomic E-state index is 0.00310. The Bertz CT molecular complexity index is 699. The molecule has 1 aliphatic heterocycles. The van der Waals surface area contributed by atoms with Crippen molar-refractivity contribution in [1.82, 2.24) is 25.2 Å². The summed E-state index contributed by atoms with van der Waals surface area (Å²) in [5, 5.41) is 11.4. The quantitative estimate of drug-likeness (QED) is 0.906. The second kappa shape index (κ2) is 7.78. The average molecular weight is 341 g/mol. The lowest BCUT2D eigenvalue weighted by molar-refractivity contribution is -0.122. The van der Waals surface area contributed by atoms with Gasteiger partial charge in [-0.3, -0.25) is 4.79 Å². The zero-order valence-electron chi connectivity index (χ0n) is 15.3. The summed E-state index contributed by atoms with van der Waals surface area (Å²) in [7, 11) is 0. The fraction of sp³-hybridized carbons (Fsp3) is 0.526. The van der Waals surface area contributed by atoms with Crippen molar-refractivity contribution >= 4 is 5.91 Å². The number of carbonyl (C=O) groups excluding carboxylic acids is 1. The molecule has 25 heavy (non-hydrogen) atoms. The van der Waals surface area contributed by atoms with Gasteiger partial charge in [-0.2, -0.15) is 0 Å². The molecule has 1 aliphatic rings. The highest BCUT2D eigenvalue weighted by Gasteiger charge is 2.22. The van der Waals surface area contributed by atoms with Crippen LogP contribution in [-0.4, -0.2) is 51.0 Å². The monoisotopic (exact) mass is 341 g/mol. The number of aromatic nitrogens is 3. The van der Waals surface area contributed by atoms with Gasteiger partial charge >= 0.3 is 0 Å². The minimum absolute atomic E-state index is 0.00310. The van der Waals surface area contributed by atoms with Crippen molar-refractivity contribution in [2.45, 2.75) is 52.2 Å². The summed E-state index contributed by atoms with van der Waals surface area (Å²) in [4.78, 5) is 14.7. The number of aryl methyl sites for hydroxylation is 1. The second-order valence-electron chi connectivity index (χ2n) is 7.14. The third-order valence-electron chi connectivity index (χ3n) is 4.82. The van der Waals surface area contributed by atoms with Crippen molar-refractivity contribution in [2.24, 2.45) is 0 Å². The first kappa shape index (κ1) is 17.6. The van der Waals surface area contributed by atoms with Gasteiger partial charge in [-0.1, -0.05) is 35.0 Å². The molecule has 0 spiro atoms. The van der Waals surface area contributed by atoms with Crippen LogP contribution in [0.3, 0.4) is 0 Å². The first-order valence-corrected chi connectivity index (χ1v) is 9.02. The molecule has 6 nitrogen and oxygen atoms in total. The van der Waals surface area contributed by atoms with E-state index >= 15 is 0 Å². The average Bonchev–Trinajstić information content (AvgIpc) is 3.04. The summed E-state index contributed by atoms with van der Waals surface area (Å²) in [5.41, 5.74) is 3.01. The molecule has 0 bridgehead atoms. The van der Waals surface area contributed by atoms with Crippen LogP contribution in [0.5, 0.6) is 0 Å². The molecular formula is C19H27N5O. The third-order valence-corrected chi connectivity index (χ3v) is 4.82. The van der Waals surface area contributed by atoms with Crippen molar-refractivity contribution < 1.29 is 4.79 Å². The summed E-state index contributed by atoms with van der Waals surface area (Å²) < 4.78 is 1.60. The molecule has 1 aromatic heterocycles. The van der Waals surface area contributed by atoms with Gasteiger partial charge in [0.1, 0.15) is 12.2 Å². The Kier molecular flexibility index (Phi) is 5.48. The van der Waals surface area contributed by atoms with Gasteiger partial charge in [-0.25, -0.2) is 4.68 Å². The first-order chi connectivity index (χ1) is 12.0. The lowest BCUT2D eigenvalue weighted by atomic mass is 10.0. The topological polar surface area (TPSA) is 63.1 Å².